The van der Waals surface area contributed by atoms with E-state index in [-0.39, 0.29) is 12.0 Å². The predicted molar refractivity (Wildman–Crippen MR) is 73.5 cm³/mol. The highest BCUT2D eigenvalue weighted by molar-refractivity contribution is 5.75. The molecule has 0 aromatic heterocycles. The number of likely N-dealkylation sites (tertiary alicyclic amines) is 1. The molecule has 4 heteroatoms. The molecule has 0 saturated carbocycles. The molecular formula is C14H28N2O2. The Morgan fingerprint density at radius 1 is 1.50 bits per heavy atom. The molecule has 0 radical (unpaired) electrons. The fraction of sp³-hybridized carbons (Fsp3) is 0.929. The van der Waals surface area contributed by atoms with Gasteiger partial charge in [0.15, 0.2) is 0 Å². The van der Waals surface area contributed by atoms with Gasteiger partial charge in [0, 0.05) is 6.54 Å². The van der Waals surface area contributed by atoms with E-state index < -0.39 is 5.60 Å². The highest BCUT2D eigenvalue weighted by Crippen LogP contribution is 2.19. The lowest BCUT2D eigenvalue weighted by atomic mass is 9.97. The van der Waals surface area contributed by atoms with Crippen molar-refractivity contribution in [3.63, 3.8) is 0 Å². The third kappa shape index (κ3) is 4.94. The van der Waals surface area contributed by atoms with Crippen molar-refractivity contribution in [3.05, 3.63) is 0 Å². The Labute approximate surface area is 111 Å². The summed E-state index contributed by atoms with van der Waals surface area (Å²) >= 11 is 0. The average molecular weight is 256 g/mol. The van der Waals surface area contributed by atoms with Gasteiger partial charge in [0.05, 0.1) is 0 Å². The molecule has 1 rings (SSSR count). The van der Waals surface area contributed by atoms with Gasteiger partial charge in [0.25, 0.3) is 0 Å². The summed E-state index contributed by atoms with van der Waals surface area (Å²) in [5.74, 6) is 0.543. The second-order valence-electron chi connectivity index (χ2n) is 6.27. The maximum absolute atomic E-state index is 12.0. The average Bonchev–Trinajstić information content (AvgIpc) is 2.26. The first-order valence-corrected chi connectivity index (χ1v) is 6.95. The van der Waals surface area contributed by atoms with Crippen molar-refractivity contribution < 1.29 is 9.53 Å². The van der Waals surface area contributed by atoms with Crippen LogP contribution in [-0.2, 0) is 9.53 Å². The Hall–Kier alpha value is -0.610. The molecule has 1 aliphatic heterocycles. The number of ether oxygens (including phenoxy) is 1. The van der Waals surface area contributed by atoms with Gasteiger partial charge < -0.3 is 10.1 Å². The van der Waals surface area contributed by atoms with Gasteiger partial charge in [-0.1, -0.05) is 0 Å². The lowest BCUT2D eigenvalue weighted by Crippen LogP contribution is -2.48. The minimum Gasteiger partial charge on any atom is -0.459 e. The number of esters is 1. The Kier molecular flexibility index (Phi) is 5.60. The Morgan fingerprint density at radius 3 is 2.72 bits per heavy atom. The zero-order valence-electron chi connectivity index (χ0n) is 12.5. The summed E-state index contributed by atoms with van der Waals surface area (Å²) in [7, 11) is 1.98. The van der Waals surface area contributed by atoms with Crippen molar-refractivity contribution in [1.82, 2.24) is 10.2 Å². The van der Waals surface area contributed by atoms with E-state index in [1.54, 1.807) is 0 Å². The van der Waals surface area contributed by atoms with Gasteiger partial charge in [-0.3, -0.25) is 9.69 Å². The van der Waals surface area contributed by atoms with Gasteiger partial charge >= 0.3 is 5.97 Å². The maximum Gasteiger partial charge on any atom is 0.323 e. The zero-order valence-corrected chi connectivity index (χ0v) is 12.5. The number of rotatable bonds is 4. The molecule has 0 amide bonds. The third-order valence-corrected chi connectivity index (χ3v) is 3.34. The third-order valence-electron chi connectivity index (χ3n) is 3.34. The number of hydrogen-bond donors (Lipinski definition) is 1. The first-order chi connectivity index (χ1) is 8.33. The molecule has 1 saturated heterocycles. The van der Waals surface area contributed by atoms with Crippen LogP contribution >= 0.6 is 0 Å². The van der Waals surface area contributed by atoms with Crippen LogP contribution in [0.5, 0.6) is 0 Å². The number of nitrogens with one attached hydrogen (secondary N) is 1. The van der Waals surface area contributed by atoms with E-state index in [2.05, 4.69) is 10.2 Å². The maximum atomic E-state index is 12.0. The molecular weight excluding hydrogens is 228 g/mol. The van der Waals surface area contributed by atoms with E-state index in [9.17, 15) is 4.79 Å². The van der Waals surface area contributed by atoms with Gasteiger partial charge in [-0.05, 0) is 66.6 Å². The first-order valence-electron chi connectivity index (χ1n) is 6.95. The lowest BCUT2D eigenvalue weighted by Gasteiger charge is -2.36. The van der Waals surface area contributed by atoms with E-state index in [0.29, 0.717) is 5.92 Å². The smallest absolute Gasteiger partial charge is 0.323 e. The molecule has 0 spiro atoms. The van der Waals surface area contributed by atoms with Gasteiger partial charge in [-0.15, -0.1) is 0 Å². The second-order valence-corrected chi connectivity index (χ2v) is 6.27. The van der Waals surface area contributed by atoms with Gasteiger partial charge in [0.2, 0.25) is 0 Å². The van der Waals surface area contributed by atoms with Crippen LogP contribution in [0.4, 0.5) is 0 Å². The molecule has 1 heterocycles. The summed E-state index contributed by atoms with van der Waals surface area (Å²) in [6.45, 7) is 10.7. The minimum atomic E-state index is -0.397. The number of hydrogen-bond acceptors (Lipinski definition) is 4. The Morgan fingerprint density at radius 2 is 2.17 bits per heavy atom. The van der Waals surface area contributed by atoms with Crippen LogP contribution in [0, 0.1) is 5.92 Å². The molecule has 1 fully saturated rings. The SMILES string of the molecule is CNCC1CCCN(C(C)C(=O)OC(C)(C)C)C1. The first kappa shape index (κ1) is 15.4. The van der Waals surface area contributed by atoms with E-state index >= 15 is 0 Å². The molecule has 1 aliphatic rings. The number of nitrogens with zero attached hydrogens (tertiary/aromatic N) is 1. The van der Waals surface area contributed by atoms with Gasteiger partial charge in [-0.25, -0.2) is 0 Å². The monoisotopic (exact) mass is 256 g/mol. The summed E-state index contributed by atoms with van der Waals surface area (Å²) in [5, 5.41) is 3.22. The highest BCUT2D eigenvalue weighted by atomic mass is 16.6. The van der Waals surface area contributed by atoms with Crippen LogP contribution in [0.1, 0.15) is 40.5 Å². The summed E-state index contributed by atoms with van der Waals surface area (Å²) in [6.07, 6.45) is 2.41. The standard InChI is InChI=1S/C14H28N2O2/c1-11(13(17)18-14(2,3)4)16-8-6-7-12(10-16)9-15-5/h11-12,15H,6-10H2,1-5H3. The molecule has 0 bridgehead atoms. The normalized spacial score (nSPS) is 23.7. The van der Waals surface area contributed by atoms with Crippen molar-refractivity contribution >= 4 is 5.97 Å². The van der Waals surface area contributed by atoms with Crippen LogP contribution in [0.25, 0.3) is 0 Å². The summed E-state index contributed by atoms with van der Waals surface area (Å²) in [6, 6.07) is -0.135. The molecule has 4 nitrogen and oxygen atoms in total. The molecule has 0 aliphatic carbocycles. The summed E-state index contributed by atoms with van der Waals surface area (Å²) in [4.78, 5) is 14.3. The molecule has 0 aromatic carbocycles. The molecule has 18 heavy (non-hydrogen) atoms. The van der Waals surface area contributed by atoms with Crippen molar-refractivity contribution in [2.24, 2.45) is 5.92 Å². The van der Waals surface area contributed by atoms with Gasteiger partial charge in [-0.2, -0.15) is 0 Å². The summed E-state index contributed by atoms with van der Waals surface area (Å²) in [5.41, 5.74) is -0.397. The van der Waals surface area contributed by atoms with Crippen LogP contribution < -0.4 is 5.32 Å². The van der Waals surface area contributed by atoms with E-state index in [1.807, 2.05) is 34.7 Å². The Bertz CT molecular complexity index is 271. The minimum absolute atomic E-state index is 0.104. The van der Waals surface area contributed by atoms with Crippen molar-refractivity contribution in [2.75, 3.05) is 26.7 Å². The van der Waals surface area contributed by atoms with Crippen LogP contribution in [0.2, 0.25) is 0 Å². The second kappa shape index (κ2) is 6.53. The predicted octanol–water partition coefficient (Wildman–Crippen LogP) is 1.65. The van der Waals surface area contributed by atoms with Crippen LogP contribution in [-0.4, -0.2) is 49.2 Å². The molecule has 2 atom stereocenters. The largest absolute Gasteiger partial charge is 0.459 e. The number of carbonyl (C=O) groups is 1. The highest BCUT2D eigenvalue weighted by Gasteiger charge is 2.30. The van der Waals surface area contributed by atoms with E-state index in [4.69, 9.17) is 4.74 Å². The van der Waals surface area contributed by atoms with Gasteiger partial charge in [0.1, 0.15) is 11.6 Å². The van der Waals surface area contributed by atoms with Crippen molar-refractivity contribution in [3.8, 4) is 0 Å². The number of carbonyl (C=O) groups excluding carboxylic acids is 1. The zero-order chi connectivity index (χ0) is 13.8. The van der Waals surface area contributed by atoms with Crippen LogP contribution in [0.15, 0.2) is 0 Å². The fourth-order valence-electron chi connectivity index (χ4n) is 2.44. The van der Waals surface area contributed by atoms with Crippen molar-refractivity contribution in [1.29, 1.82) is 0 Å². The molecule has 0 aromatic rings. The van der Waals surface area contributed by atoms with E-state index in [1.165, 1.54) is 12.8 Å². The molecule has 2 unspecified atom stereocenters. The topological polar surface area (TPSA) is 41.6 Å². The Balaban J connectivity index is 2.50. The molecule has 106 valence electrons. The summed E-state index contributed by atoms with van der Waals surface area (Å²) < 4.78 is 5.45. The quantitative estimate of drug-likeness (QED) is 0.777. The van der Waals surface area contributed by atoms with E-state index in [0.717, 1.165) is 19.6 Å². The van der Waals surface area contributed by atoms with Crippen molar-refractivity contribution in [2.45, 2.75) is 52.2 Å². The van der Waals surface area contributed by atoms with Crippen LogP contribution in [0.3, 0.4) is 0 Å². The lowest BCUT2D eigenvalue weighted by molar-refractivity contribution is -0.161. The fourth-order valence-corrected chi connectivity index (χ4v) is 2.44. The molecule has 1 N–H and O–H groups in total. The number of piperidine rings is 1.